The number of fused-ring (bicyclic) bond motifs is 2. The molecule has 0 fully saturated rings. The second kappa shape index (κ2) is 5.73. The molecule has 0 saturated carbocycles. The minimum atomic E-state index is -0.606. The van der Waals surface area contributed by atoms with Crippen LogP contribution in [-0.2, 0) is 22.7 Å². The lowest BCUT2D eigenvalue weighted by Gasteiger charge is -2.23. The lowest BCUT2D eigenvalue weighted by molar-refractivity contribution is -0.120. The maximum Gasteiger partial charge on any atom is 0.338 e. The van der Waals surface area contributed by atoms with Gasteiger partial charge in [-0.2, -0.15) is 0 Å². The van der Waals surface area contributed by atoms with Crippen LogP contribution in [-0.4, -0.2) is 28.7 Å². The highest BCUT2D eigenvalue weighted by molar-refractivity contribution is 6.03. The molecule has 4 rings (SSSR count). The van der Waals surface area contributed by atoms with E-state index in [4.69, 9.17) is 4.74 Å². The van der Waals surface area contributed by atoms with Crippen molar-refractivity contribution in [2.75, 3.05) is 5.32 Å². The van der Waals surface area contributed by atoms with Crippen molar-refractivity contribution >= 4 is 23.5 Å². The lowest BCUT2D eigenvalue weighted by Crippen LogP contribution is -2.42. The van der Waals surface area contributed by atoms with Crippen LogP contribution in [0.25, 0.3) is 0 Å². The van der Waals surface area contributed by atoms with Gasteiger partial charge >= 0.3 is 5.97 Å². The highest BCUT2D eigenvalue weighted by Gasteiger charge is 2.33. The van der Waals surface area contributed by atoms with E-state index in [9.17, 15) is 14.4 Å². The van der Waals surface area contributed by atoms with Gasteiger partial charge < -0.3 is 15.0 Å². The topological polar surface area (TPSA) is 75.7 Å². The Bertz CT molecular complexity index is 906. The molecule has 2 aromatic rings. The summed E-state index contributed by atoms with van der Waals surface area (Å²) >= 11 is 0. The van der Waals surface area contributed by atoms with Crippen LogP contribution in [0.2, 0.25) is 0 Å². The van der Waals surface area contributed by atoms with Gasteiger partial charge in [0, 0.05) is 23.4 Å². The van der Waals surface area contributed by atoms with Crippen molar-refractivity contribution in [2.45, 2.75) is 26.1 Å². The highest BCUT2D eigenvalue weighted by Crippen LogP contribution is 2.26. The Balaban J connectivity index is 1.49. The Morgan fingerprint density at radius 2 is 1.92 bits per heavy atom. The standard InChI is InChI=1S/C19H16N2O4/c1-11(21-9-12-4-2-3-5-15(12)18(21)23)17(22)20-14-6-7-16-13(8-14)10-25-19(16)24/h2-8,11H,9-10H2,1H3,(H,20,22). The fourth-order valence-electron chi connectivity index (χ4n) is 3.19. The van der Waals surface area contributed by atoms with Gasteiger partial charge in [-0.3, -0.25) is 9.59 Å². The third kappa shape index (κ3) is 2.55. The number of esters is 1. The second-order valence-electron chi connectivity index (χ2n) is 6.20. The molecular weight excluding hydrogens is 320 g/mol. The zero-order valence-corrected chi connectivity index (χ0v) is 13.6. The molecule has 0 saturated heterocycles. The van der Waals surface area contributed by atoms with Crippen LogP contribution in [0.3, 0.4) is 0 Å². The number of ether oxygens (including phenoxy) is 1. The molecule has 6 heteroatoms. The average molecular weight is 336 g/mol. The number of amides is 2. The summed E-state index contributed by atoms with van der Waals surface area (Å²) in [5.41, 5.74) is 3.44. The molecule has 126 valence electrons. The van der Waals surface area contributed by atoms with E-state index >= 15 is 0 Å². The molecule has 1 N–H and O–H groups in total. The molecule has 2 heterocycles. The number of carbonyl (C=O) groups excluding carboxylic acids is 3. The molecule has 0 spiro atoms. The van der Waals surface area contributed by atoms with Gasteiger partial charge in [0.15, 0.2) is 0 Å². The molecule has 1 atom stereocenters. The number of cyclic esters (lactones) is 1. The molecule has 2 aliphatic heterocycles. The normalized spacial score (nSPS) is 16.3. The van der Waals surface area contributed by atoms with Crippen molar-refractivity contribution in [1.82, 2.24) is 4.90 Å². The number of hydrogen-bond donors (Lipinski definition) is 1. The van der Waals surface area contributed by atoms with Crippen LogP contribution in [0.15, 0.2) is 42.5 Å². The average Bonchev–Trinajstić information content (AvgIpc) is 3.15. The predicted octanol–water partition coefficient (Wildman–Crippen LogP) is 2.34. The summed E-state index contributed by atoms with van der Waals surface area (Å²) in [6, 6.07) is 11.8. The number of nitrogens with one attached hydrogen (secondary N) is 1. The Morgan fingerprint density at radius 3 is 2.72 bits per heavy atom. The number of benzene rings is 2. The Morgan fingerprint density at radius 1 is 1.12 bits per heavy atom. The molecule has 1 unspecified atom stereocenters. The van der Waals surface area contributed by atoms with Gasteiger partial charge in [0.2, 0.25) is 5.91 Å². The van der Waals surface area contributed by atoms with Gasteiger partial charge in [-0.15, -0.1) is 0 Å². The van der Waals surface area contributed by atoms with Gasteiger partial charge in [-0.1, -0.05) is 18.2 Å². The van der Waals surface area contributed by atoms with Crippen LogP contribution in [0, 0.1) is 0 Å². The van der Waals surface area contributed by atoms with Crippen LogP contribution in [0.4, 0.5) is 5.69 Å². The third-order valence-corrected chi connectivity index (χ3v) is 4.65. The van der Waals surface area contributed by atoms with E-state index < -0.39 is 6.04 Å². The van der Waals surface area contributed by atoms with E-state index in [-0.39, 0.29) is 24.4 Å². The molecule has 25 heavy (non-hydrogen) atoms. The summed E-state index contributed by atoms with van der Waals surface area (Å²) in [5, 5.41) is 2.81. The minimum absolute atomic E-state index is 0.133. The van der Waals surface area contributed by atoms with E-state index in [1.165, 1.54) is 0 Å². The lowest BCUT2D eigenvalue weighted by atomic mass is 10.1. The Labute approximate surface area is 144 Å². The van der Waals surface area contributed by atoms with Crippen LogP contribution < -0.4 is 5.32 Å². The summed E-state index contributed by atoms with van der Waals surface area (Å²) in [6.45, 7) is 2.35. The fourth-order valence-corrected chi connectivity index (χ4v) is 3.19. The second-order valence-corrected chi connectivity index (χ2v) is 6.20. The van der Waals surface area contributed by atoms with E-state index in [2.05, 4.69) is 5.32 Å². The minimum Gasteiger partial charge on any atom is -0.457 e. The number of hydrogen-bond acceptors (Lipinski definition) is 4. The Hall–Kier alpha value is -3.15. The molecule has 2 aliphatic rings. The van der Waals surface area contributed by atoms with Crippen molar-refractivity contribution in [2.24, 2.45) is 0 Å². The van der Waals surface area contributed by atoms with Crippen molar-refractivity contribution < 1.29 is 19.1 Å². The van der Waals surface area contributed by atoms with Crippen molar-refractivity contribution in [3.05, 3.63) is 64.7 Å². The largest absolute Gasteiger partial charge is 0.457 e. The summed E-state index contributed by atoms with van der Waals surface area (Å²) in [6.07, 6.45) is 0. The highest BCUT2D eigenvalue weighted by atomic mass is 16.5. The summed E-state index contributed by atoms with van der Waals surface area (Å²) in [7, 11) is 0. The monoisotopic (exact) mass is 336 g/mol. The Kier molecular flexibility index (Phi) is 3.53. The number of anilines is 1. The summed E-state index contributed by atoms with van der Waals surface area (Å²) in [4.78, 5) is 38.1. The molecule has 0 bridgehead atoms. The van der Waals surface area contributed by atoms with Crippen LogP contribution in [0.5, 0.6) is 0 Å². The van der Waals surface area contributed by atoms with Crippen molar-refractivity contribution in [3.63, 3.8) is 0 Å². The van der Waals surface area contributed by atoms with Crippen LogP contribution >= 0.6 is 0 Å². The molecule has 2 amide bonds. The van der Waals surface area contributed by atoms with E-state index in [0.29, 0.717) is 23.4 Å². The summed E-state index contributed by atoms with van der Waals surface area (Å²) < 4.78 is 4.96. The van der Waals surface area contributed by atoms with Gasteiger partial charge in [-0.05, 0) is 36.8 Å². The van der Waals surface area contributed by atoms with E-state index in [1.807, 2.05) is 18.2 Å². The number of carbonyl (C=O) groups is 3. The van der Waals surface area contributed by atoms with Crippen LogP contribution in [0.1, 0.15) is 38.8 Å². The summed E-state index contributed by atoms with van der Waals surface area (Å²) in [5.74, 6) is -0.751. The molecule has 0 radical (unpaired) electrons. The third-order valence-electron chi connectivity index (χ3n) is 4.65. The zero-order valence-electron chi connectivity index (χ0n) is 13.6. The molecule has 2 aromatic carbocycles. The first-order chi connectivity index (χ1) is 12.0. The first-order valence-corrected chi connectivity index (χ1v) is 8.04. The molecular formula is C19H16N2O4. The quantitative estimate of drug-likeness (QED) is 0.873. The maximum absolute atomic E-state index is 12.6. The van der Waals surface area contributed by atoms with Gasteiger partial charge in [-0.25, -0.2) is 4.79 Å². The maximum atomic E-state index is 12.6. The molecule has 6 nitrogen and oxygen atoms in total. The SMILES string of the molecule is CC(C(=O)Nc1ccc2c(c1)COC2=O)N1Cc2ccccc2C1=O. The molecule has 0 aromatic heterocycles. The fraction of sp³-hybridized carbons (Fsp3) is 0.211. The van der Waals surface area contributed by atoms with E-state index in [0.717, 1.165) is 11.1 Å². The number of rotatable bonds is 3. The van der Waals surface area contributed by atoms with Gasteiger partial charge in [0.1, 0.15) is 12.6 Å². The smallest absolute Gasteiger partial charge is 0.338 e. The van der Waals surface area contributed by atoms with E-state index in [1.54, 1.807) is 36.1 Å². The number of nitrogens with zero attached hydrogens (tertiary/aromatic N) is 1. The van der Waals surface area contributed by atoms with Gasteiger partial charge in [0.05, 0.1) is 5.56 Å². The first-order valence-electron chi connectivity index (χ1n) is 8.04. The van der Waals surface area contributed by atoms with Crippen molar-refractivity contribution in [1.29, 1.82) is 0 Å². The van der Waals surface area contributed by atoms with Gasteiger partial charge in [0.25, 0.3) is 5.91 Å². The predicted molar refractivity (Wildman–Crippen MR) is 90.0 cm³/mol. The van der Waals surface area contributed by atoms with Crippen molar-refractivity contribution in [3.8, 4) is 0 Å². The first kappa shape index (κ1) is 15.4. The molecule has 0 aliphatic carbocycles. The zero-order chi connectivity index (χ0) is 17.6.